The zero-order valence-electron chi connectivity index (χ0n) is 10.8. The fraction of sp³-hybridized carbons (Fsp3) is 0.500. The Kier molecular flexibility index (Phi) is 3.77. The molecule has 0 fully saturated rings. The molecule has 18 heavy (non-hydrogen) atoms. The highest BCUT2D eigenvalue weighted by Crippen LogP contribution is 2.24. The zero-order valence-corrected chi connectivity index (χ0v) is 11.6. The van der Waals surface area contributed by atoms with Crippen LogP contribution in [0.25, 0.3) is 11.0 Å². The number of hydrogen-bond acceptors (Lipinski definition) is 3. The Labute approximate surface area is 109 Å². The van der Waals surface area contributed by atoms with Gasteiger partial charge in [0.15, 0.2) is 5.65 Å². The first-order valence-corrected chi connectivity index (χ1v) is 7.19. The Morgan fingerprint density at radius 1 is 1.44 bits per heavy atom. The van der Waals surface area contributed by atoms with E-state index in [1.54, 1.807) is 4.68 Å². The van der Waals surface area contributed by atoms with Crippen LogP contribution in [-0.2, 0) is 18.0 Å². The summed E-state index contributed by atoms with van der Waals surface area (Å²) in [6, 6.07) is 2.09. The van der Waals surface area contributed by atoms with Gasteiger partial charge in [-0.3, -0.25) is 9.82 Å². The normalized spacial score (nSPS) is 16.7. The average Bonchev–Trinajstić information content (AvgIpc) is 2.70. The minimum absolute atomic E-state index is 0.00963. The fourth-order valence-electron chi connectivity index (χ4n) is 2.06. The molecule has 2 aromatic heterocycles. The van der Waals surface area contributed by atoms with Crippen molar-refractivity contribution in [3.63, 3.8) is 0 Å². The van der Waals surface area contributed by atoms with E-state index in [2.05, 4.69) is 23.1 Å². The van der Waals surface area contributed by atoms with E-state index in [0.717, 1.165) is 23.0 Å². The van der Waals surface area contributed by atoms with Gasteiger partial charge in [-0.1, -0.05) is 6.92 Å². The summed E-state index contributed by atoms with van der Waals surface area (Å²) in [6.07, 6.45) is 4.46. The molecule has 0 saturated heterocycles. The molecule has 0 saturated carbocycles. The smallest absolute Gasteiger partial charge is 0.157 e. The van der Waals surface area contributed by atoms with Crippen LogP contribution >= 0.6 is 0 Å². The zero-order chi connectivity index (χ0) is 13.3. The van der Waals surface area contributed by atoms with Crippen LogP contribution in [0.1, 0.15) is 31.7 Å². The van der Waals surface area contributed by atoms with Gasteiger partial charge in [-0.05, 0) is 30.9 Å². The van der Waals surface area contributed by atoms with Gasteiger partial charge < -0.3 is 0 Å². The predicted molar refractivity (Wildman–Crippen MR) is 73.3 cm³/mol. The van der Waals surface area contributed by atoms with E-state index in [1.807, 2.05) is 26.4 Å². The van der Waals surface area contributed by atoms with Crippen molar-refractivity contribution >= 4 is 22.0 Å². The summed E-state index contributed by atoms with van der Waals surface area (Å²) in [4.78, 5) is 4.41. The Hall–Kier alpha value is -1.27. The summed E-state index contributed by atoms with van der Waals surface area (Å²) in [6.45, 7) is 4.01. The van der Waals surface area contributed by atoms with Crippen LogP contribution in [0, 0.1) is 0 Å². The third-order valence-electron chi connectivity index (χ3n) is 3.24. The number of aryl methyl sites for hydroxylation is 1. The highest BCUT2D eigenvalue weighted by atomic mass is 32.2. The number of rotatable bonds is 4. The van der Waals surface area contributed by atoms with E-state index >= 15 is 0 Å². The first-order valence-electron chi connectivity index (χ1n) is 5.91. The van der Waals surface area contributed by atoms with Crippen molar-refractivity contribution in [2.75, 3.05) is 0 Å². The highest BCUT2D eigenvalue weighted by Gasteiger charge is 2.15. The molecule has 0 radical (unpaired) electrons. The minimum atomic E-state index is -1.26. The summed E-state index contributed by atoms with van der Waals surface area (Å²) in [5.41, 5.74) is 2.01. The first kappa shape index (κ1) is 13.2. The minimum Gasteiger partial charge on any atom is -0.252 e. The van der Waals surface area contributed by atoms with Gasteiger partial charge in [0.25, 0.3) is 0 Å². The van der Waals surface area contributed by atoms with Gasteiger partial charge >= 0.3 is 0 Å². The van der Waals surface area contributed by atoms with Gasteiger partial charge in [0.2, 0.25) is 0 Å². The molecule has 0 spiro atoms. The van der Waals surface area contributed by atoms with E-state index in [4.69, 9.17) is 5.14 Å². The lowest BCUT2D eigenvalue weighted by atomic mass is 9.97. The third-order valence-corrected chi connectivity index (χ3v) is 4.23. The molecule has 3 atom stereocenters. The Balaban J connectivity index is 2.22. The van der Waals surface area contributed by atoms with Crippen LogP contribution in [0.2, 0.25) is 0 Å². The molecule has 2 aromatic rings. The molecule has 0 aliphatic rings. The van der Waals surface area contributed by atoms with Gasteiger partial charge in [-0.25, -0.2) is 9.19 Å². The second kappa shape index (κ2) is 5.16. The van der Waals surface area contributed by atoms with E-state index in [1.165, 1.54) is 0 Å². The molecule has 98 valence electrons. The molecular weight excluding hydrogens is 248 g/mol. The van der Waals surface area contributed by atoms with Crippen LogP contribution in [0.5, 0.6) is 0 Å². The van der Waals surface area contributed by atoms with Crippen LogP contribution in [0.15, 0.2) is 18.5 Å². The van der Waals surface area contributed by atoms with Gasteiger partial charge in [0, 0.05) is 23.9 Å². The molecule has 0 amide bonds. The maximum Gasteiger partial charge on any atom is 0.157 e. The number of nitrogens with zero attached hydrogens (tertiary/aromatic N) is 3. The van der Waals surface area contributed by atoms with Crippen LogP contribution in [0.4, 0.5) is 0 Å². The maximum absolute atomic E-state index is 11.2. The molecule has 2 rings (SSSR count). The van der Waals surface area contributed by atoms with Gasteiger partial charge in [-0.15, -0.1) is 0 Å². The topological polar surface area (TPSA) is 73.8 Å². The van der Waals surface area contributed by atoms with E-state index < -0.39 is 11.0 Å². The van der Waals surface area contributed by atoms with E-state index in [-0.39, 0.29) is 11.2 Å². The van der Waals surface area contributed by atoms with Crippen molar-refractivity contribution in [1.82, 2.24) is 14.8 Å². The summed E-state index contributed by atoms with van der Waals surface area (Å²) in [5, 5.41) is 10.6. The molecular formula is C12H18N4OS. The van der Waals surface area contributed by atoms with Crippen molar-refractivity contribution in [2.24, 2.45) is 12.2 Å². The van der Waals surface area contributed by atoms with Crippen LogP contribution in [-0.4, -0.2) is 24.2 Å². The molecule has 5 nitrogen and oxygen atoms in total. The molecule has 2 N–H and O–H groups in total. The first-order chi connectivity index (χ1) is 8.49. The largest absolute Gasteiger partial charge is 0.252 e. The maximum atomic E-state index is 11.2. The number of hydrogen-bond donors (Lipinski definition) is 1. The Morgan fingerprint density at radius 3 is 2.83 bits per heavy atom. The van der Waals surface area contributed by atoms with E-state index in [0.29, 0.717) is 0 Å². The molecule has 0 bridgehead atoms. The fourth-order valence-corrected chi connectivity index (χ4v) is 2.54. The predicted octanol–water partition coefficient (Wildman–Crippen LogP) is 1.47. The van der Waals surface area contributed by atoms with Crippen molar-refractivity contribution in [1.29, 1.82) is 0 Å². The summed E-state index contributed by atoms with van der Waals surface area (Å²) in [7, 11) is 0.609. The number of fused-ring (bicyclic) bond motifs is 1. The quantitative estimate of drug-likeness (QED) is 0.910. The monoisotopic (exact) mass is 266 g/mol. The molecule has 0 aliphatic heterocycles. The van der Waals surface area contributed by atoms with Crippen molar-refractivity contribution < 1.29 is 4.21 Å². The SMILES string of the molecule is CC(C[C@@H](C)c1cnc2c(cnn2C)c1)S(N)=O. The number of nitrogens with two attached hydrogens (primary N) is 1. The lowest BCUT2D eigenvalue weighted by Gasteiger charge is -2.15. The van der Waals surface area contributed by atoms with Gasteiger partial charge in [0.1, 0.15) is 0 Å². The third kappa shape index (κ3) is 2.59. The molecule has 2 unspecified atom stereocenters. The summed E-state index contributed by atoms with van der Waals surface area (Å²) in [5.74, 6) is 0.282. The summed E-state index contributed by atoms with van der Waals surface area (Å²) >= 11 is 0. The molecule has 0 aliphatic carbocycles. The van der Waals surface area contributed by atoms with Gasteiger partial charge in [0.05, 0.1) is 17.2 Å². The molecule has 6 heteroatoms. The highest BCUT2D eigenvalue weighted by molar-refractivity contribution is 7.83. The molecule has 2 heterocycles. The summed E-state index contributed by atoms with van der Waals surface area (Å²) < 4.78 is 12.9. The number of pyridine rings is 1. The van der Waals surface area contributed by atoms with Crippen molar-refractivity contribution in [2.45, 2.75) is 31.4 Å². The van der Waals surface area contributed by atoms with Gasteiger partial charge in [-0.2, -0.15) is 5.10 Å². The standard InChI is InChI=1S/C12H18N4OS/c1-8(4-9(2)18(13)17)10-5-11-7-15-16(3)12(11)14-6-10/h5-9H,4,13H2,1-3H3/t8-,9?,18?/m1/s1. The van der Waals surface area contributed by atoms with Crippen molar-refractivity contribution in [3.8, 4) is 0 Å². The van der Waals surface area contributed by atoms with Crippen LogP contribution < -0.4 is 5.14 Å². The van der Waals surface area contributed by atoms with E-state index in [9.17, 15) is 4.21 Å². The second-order valence-electron chi connectivity index (χ2n) is 4.73. The van der Waals surface area contributed by atoms with Crippen LogP contribution in [0.3, 0.4) is 0 Å². The van der Waals surface area contributed by atoms with Crippen molar-refractivity contribution in [3.05, 3.63) is 24.0 Å². The average molecular weight is 266 g/mol. The Morgan fingerprint density at radius 2 is 2.17 bits per heavy atom. The second-order valence-corrected chi connectivity index (χ2v) is 6.19. The Bertz CT molecular complexity index is 580. The molecule has 0 aromatic carbocycles. The number of aromatic nitrogens is 3. The lowest BCUT2D eigenvalue weighted by molar-refractivity contribution is 0.635. The lowest BCUT2D eigenvalue weighted by Crippen LogP contribution is -2.20.